The summed E-state index contributed by atoms with van der Waals surface area (Å²) in [5.74, 6) is 0.00299. The van der Waals surface area contributed by atoms with E-state index >= 15 is 9.59 Å². The zero-order valence-electron chi connectivity index (χ0n) is 51.9. The fraction of sp³-hybridized carbons (Fsp3) is 0.465. The number of nitrogens with one attached hydrogen (secondary N) is 6. The molecule has 2 amide bonds. The first-order valence-electron chi connectivity index (χ1n) is 32.3. The average molecular weight is 1230 g/mol. The Morgan fingerprint density at radius 1 is 0.448 bits per heavy atom. The largest absolute Gasteiger partial charge is 0.494 e. The standard InChI is InChI=1S/C71H94Cl2N8O6/c1-5-7-9-11-13-15-17-19-21-23-25-27-32-44-63(82)74-53-46-48-57(61(50-53)86-3)76-68-66(70(84)80(78-68)59-42-36-34-40-55(59)72)65(52-38-30-29-31-39-52)67-69(79-81(71(67)85)60-43-37-35-41-56(60)73)77-58-49-47-54(51-62(58)87-4)75-64(83)45-33-28-26-24-22-20-18-16-14-12-10-8-6-2/h29-31,34-43,46-51,65,76-79H,5-28,32-33,44-45H2,1-4H3,(H,74,82)(H,75,83). The SMILES string of the molecule is CCCCCCCCCCCCCCCC(=O)Nc1ccc(Nc2[nH]n(-c3ccccc3Cl)c(=O)c2C(c2ccccc2)c2c(Nc3ccc(NC(=O)CCCCCCCCCCCCCCC)cc3OC)[nH]n(-c3ccccc3Cl)c2=O)c(OC)c1. The van der Waals surface area contributed by atoms with Crippen LogP contribution in [0.5, 0.6) is 11.5 Å². The van der Waals surface area contributed by atoms with Crippen molar-refractivity contribution in [1.29, 1.82) is 0 Å². The number of aromatic amines is 2. The number of anilines is 6. The van der Waals surface area contributed by atoms with Crippen molar-refractivity contribution < 1.29 is 19.1 Å². The van der Waals surface area contributed by atoms with Gasteiger partial charge in [-0.1, -0.05) is 246 Å². The van der Waals surface area contributed by atoms with Gasteiger partial charge in [-0.05, 0) is 66.9 Å². The summed E-state index contributed by atoms with van der Waals surface area (Å²) in [6.07, 6.45) is 32.8. The van der Waals surface area contributed by atoms with Crippen molar-refractivity contribution in [3.8, 4) is 22.9 Å². The highest BCUT2D eigenvalue weighted by Gasteiger charge is 2.34. The molecule has 0 saturated heterocycles. The first-order chi connectivity index (χ1) is 42.5. The fourth-order valence-corrected chi connectivity index (χ4v) is 11.9. The van der Waals surface area contributed by atoms with Gasteiger partial charge in [0.15, 0.2) is 0 Å². The summed E-state index contributed by atoms with van der Waals surface area (Å²) in [6.45, 7) is 4.51. The van der Waals surface area contributed by atoms with Crippen LogP contribution < -0.4 is 41.9 Å². The molecule has 0 saturated carbocycles. The second-order valence-electron chi connectivity index (χ2n) is 23.0. The van der Waals surface area contributed by atoms with Crippen LogP contribution in [0.15, 0.2) is 125 Å². The Hall–Kier alpha value is -7.16. The summed E-state index contributed by atoms with van der Waals surface area (Å²) < 4.78 is 14.6. The predicted octanol–water partition coefficient (Wildman–Crippen LogP) is 19.5. The van der Waals surface area contributed by atoms with Gasteiger partial charge < -0.3 is 30.7 Å². The Balaban J connectivity index is 1.13. The van der Waals surface area contributed by atoms with Gasteiger partial charge in [-0.25, -0.2) is 9.36 Å². The molecule has 7 rings (SSSR count). The van der Waals surface area contributed by atoms with E-state index in [1.54, 1.807) is 84.9 Å². The molecule has 6 N–H and O–H groups in total. The molecule has 0 aliphatic rings. The number of nitrogens with zero attached hydrogens (tertiary/aromatic N) is 2. The summed E-state index contributed by atoms with van der Waals surface area (Å²) in [5, 5.41) is 20.3. The molecule has 0 bridgehead atoms. The minimum absolute atomic E-state index is 0.0796. The van der Waals surface area contributed by atoms with Gasteiger partial charge in [0.2, 0.25) is 11.8 Å². The maximum Gasteiger partial charge on any atom is 0.277 e. The molecule has 2 heterocycles. The van der Waals surface area contributed by atoms with E-state index in [1.807, 2.05) is 30.3 Å². The van der Waals surface area contributed by atoms with Gasteiger partial charge in [0.1, 0.15) is 23.1 Å². The van der Waals surface area contributed by atoms with Crippen LogP contribution >= 0.6 is 23.2 Å². The van der Waals surface area contributed by atoms with Gasteiger partial charge in [0.25, 0.3) is 11.1 Å². The number of H-pyrrole nitrogens is 2. The third-order valence-electron chi connectivity index (χ3n) is 16.3. The van der Waals surface area contributed by atoms with Crippen molar-refractivity contribution in [2.24, 2.45) is 0 Å². The van der Waals surface area contributed by atoms with Gasteiger partial charge in [-0.3, -0.25) is 29.4 Å². The summed E-state index contributed by atoms with van der Waals surface area (Å²) >= 11 is 13.7. The predicted molar refractivity (Wildman–Crippen MR) is 361 cm³/mol. The lowest BCUT2D eigenvalue weighted by atomic mass is 9.86. The van der Waals surface area contributed by atoms with Crippen LogP contribution in [-0.2, 0) is 9.59 Å². The van der Waals surface area contributed by atoms with Crippen LogP contribution in [0.2, 0.25) is 10.0 Å². The third kappa shape index (κ3) is 20.5. The number of methoxy groups -OCH3 is 2. The Bertz CT molecular complexity index is 3130. The average Bonchev–Trinajstić information content (AvgIpc) is 1.68. The van der Waals surface area contributed by atoms with Gasteiger partial charge in [0, 0.05) is 36.3 Å². The fourth-order valence-electron chi connectivity index (χ4n) is 11.4. The minimum atomic E-state index is -1.08. The van der Waals surface area contributed by atoms with Crippen LogP contribution in [0.3, 0.4) is 0 Å². The van der Waals surface area contributed by atoms with Crippen molar-refractivity contribution in [2.75, 3.05) is 35.5 Å². The number of halogens is 2. The number of carbonyl (C=O) groups is 2. The highest BCUT2D eigenvalue weighted by atomic mass is 35.5. The minimum Gasteiger partial charge on any atom is -0.494 e. The van der Waals surface area contributed by atoms with E-state index in [-0.39, 0.29) is 34.6 Å². The number of rotatable bonds is 41. The van der Waals surface area contributed by atoms with Crippen molar-refractivity contribution in [1.82, 2.24) is 19.6 Å². The van der Waals surface area contributed by atoms with Crippen LogP contribution in [-0.4, -0.2) is 45.6 Å². The van der Waals surface area contributed by atoms with Crippen molar-refractivity contribution in [3.63, 3.8) is 0 Å². The number of amides is 2. The Kier molecular flexibility index (Phi) is 28.5. The topological polar surface area (TPSA) is 176 Å². The monoisotopic (exact) mass is 1220 g/mol. The Labute approximate surface area is 525 Å². The van der Waals surface area contributed by atoms with E-state index in [4.69, 9.17) is 32.7 Å². The maximum absolute atomic E-state index is 15.6. The molecule has 0 atom stereocenters. The molecule has 7 aromatic rings. The summed E-state index contributed by atoms with van der Waals surface area (Å²) in [7, 11) is 3.07. The van der Waals surface area contributed by atoms with Gasteiger partial charge in [0.05, 0.1) is 64.1 Å². The first kappa shape index (κ1) is 67.3. The molecule has 14 nitrogen and oxygen atoms in total. The van der Waals surface area contributed by atoms with Crippen LogP contribution in [0.1, 0.15) is 216 Å². The molecule has 0 aliphatic heterocycles. The molecule has 468 valence electrons. The highest BCUT2D eigenvalue weighted by molar-refractivity contribution is 6.32. The van der Waals surface area contributed by atoms with Crippen LogP contribution in [0.4, 0.5) is 34.4 Å². The number of para-hydroxylation sites is 2. The number of hydrogen-bond acceptors (Lipinski definition) is 8. The van der Waals surface area contributed by atoms with Crippen molar-refractivity contribution in [2.45, 2.75) is 200 Å². The van der Waals surface area contributed by atoms with E-state index in [9.17, 15) is 9.59 Å². The molecular weight excluding hydrogens is 1130 g/mol. The van der Waals surface area contributed by atoms with Gasteiger partial charge in [-0.15, -0.1) is 0 Å². The molecule has 0 radical (unpaired) electrons. The smallest absolute Gasteiger partial charge is 0.277 e. The second-order valence-corrected chi connectivity index (χ2v) is 23.8. The zero-order valence-corrected chi connectivity index (χ0v) is 53.5. The lowest BCUT2D eigenvalue weighted by Crippen LogP contribution is -2.25. The Morgan fingerprint density at radius 2 is 0.782 bits per heavy atom. The molecule has 16 heteroatoms. The second kappa shape index (κ2) is 36.9. The van der Waals surface area contributed by atoms with E-state index in [0.29, 0.717) is 74.1 Å². The first-order valence-corrected chi connectivity index (χ1v) is 33.0. The highest BCUT2D eigenvalue weighted by Crippen LogP contribution is 2.41. The van der Waals surface area contributed by atoms with Crippen molar-refractivity contribution >= 4 is 69.4 Å². The molecule has 2 aromatic heterocycles. The molecule has 0 aliphatic carbocycles. The lowest BCUT2D eigenvalue weighted by Gasteiger charge is -2.20. The summed E-state index contributed by atoms with van der Waals surface area (Å²) in [6, 6.07) is 33.9. The molecule has 5 aromatic carbocycles. The maximum atomic E-state index is 15.6. The number of hydrogen-bond donors (Lipinski definition) is 6. The molecule has 0 unspecified atom stereocenters. The number of benzene rings is 5. The number of ether oxygens (including phenoxy) is 2. The summed E-state index contributed by atoms with van der Waals surface area (Å²) in [4.78, 5) is 57.6. The number of aromatic nitrogens is 4. The molecule has 87 heavy (non-hydrogen) atoms. The van der Waals surface area contributed by atoms with Crippen molar-refractivity contribution in [3.05, 3.63) is 163 Å². The van der Waals surface area contributed by atoms with Gasteiger partial charge >= 0.3 is 0 Å². The number of unbranched alkanes of at least 4 members (excludes halogenated alkanes) is 24. The lowest BCUT2D eigenvalue weighted by molar-refractivity contribution is -0.117. The quantitative estimate of drug-likeness (QED) is 0.0205. The third-order valence-corrected chi connectivity index (χ3v) is 16.9. The van der Waals surface area contributed by atoms with E-state index in [2.05, 4.69) is 45.3 Å². The number of carbonyl (C=O) groups excluding carboxylic acids is 2. The van der Waals surface area contributed by atoms with Gasteiger partial charge in [-0.2, -0.15) is 0 Å². The summed E-state index contributed by atoms with van der Waals surface area (Å²) in [5.41, 5.74) is 2.74. The van der Waals surface area contributed by atoms with E-state index in [1.165, 1.54) is 152 Å². The normalized spacial score (nSPS) is 11.3. The van der Waals surface area contributed by atoms with E-state index < -0.39 is 17.0 Å². The van der Waals surface area contributed by atoms with E-state index in [0.717, 1.165) is 38.5 Å². The Morgan fingerprint density at radius 3 is 1.13 bits per heavy atom. The van der Waals surface area contributed by atoms with Crippen LogP contribution in [0.25, 0.3) is 11.4 Å². The molecule has 0 spiro atoms. The zero-order chi connectivity index (χ0) is 61.6. The molecular formula is C71H94Cl2N8O6. The van der Waals surface area contributed by atoms with Crippen LogP contribution in [0, 0.1) is 0 Å². The molecule has 0 fully saturated rings.